The van der Waals surface area contributed by atoms with Crippen LogP contribution in [0.2, 0.25) is 0 Å². The van der Waals surface area contributed by atoms with E-state index in [-0.39, 0.29) is 18.0 Å². The third-order valence-corrected chi connectivity index (χ3v) is 3.46. The Hall–Kier alpha value is -1.82. The first kappa shape index (κ1) is 15.6. The molecule has 0 radical (unpaired) electrons. The maximum absolute atomic E-state index is 13.8. The lowest BCUT2D eigenvalue weighted by Gasteiger charge is -2.15. The van der Waals surface area contributed by atoms with Crippen molar-refractivity contribution in [2.45, 2.75) is 25.5 Å². The number of carbonyl (C=O) groups excluding carboxylic acids is 1. The Balaban J connectivity index is 1.76. The lowest BCUT2D eigenvalue weighted by atomic mass is 10.2. The van der Waals surface area contributed by atoms with Crippen LogP contribution in [0.5, 0.6) is 0 Å². The number of nitrogens with one attached hydrogen (secondary N) is 2. The highest BCUT2D eigenvalue weighted by atomic mass is 19.1. The van der Waals surface area contributed by atoms with Crippen molar-refractivity contribution >= 4 is 11.7 Å². The highest BCUT2D eigenvalue weighted by Crippen LogP contribution is 2.18. The zero-order chi connectivity index (χ0) is 15.2. The van der Waals surface area contributed by atoms with E-state index in [0.717, 1.165) is 25.0 Å². The molecule has 1 heterocycles. The van der Waals surface area contributed by atoms with Gasteiger partial charge in [-0.05, 0) is 30.5 Å². The van der Waals surface area contributed by atoms with E-state index < -0.39 is 0 Å². The summed E-state index contributed by atoms with van der Waals surface area (Å²) in [6.45, 7) is 1.58. The number of benzene rings is 1. The van der Waals surface area contributed by atoms with E-state index >= 15 is 0 Å². The number of carbonyl (C=O) groups is 1. The summed E-state index contributed by atoms with van der Waals surface area (Å²) in [6.07, 6.45) is 2.15. The molecule has 6 heteroatoms. The van der Waals surface area contributed by atoms with Gasteiger partial charge in [0, 0.05) is 33.8 Å². The second-order valence-corrected chi connectivity index (χ2v) is 5.38. The molecule has 1 aromatic rings. The summed E-state index contributed by atoms with van der Waals surface area (Å²) in [5, 5.41) is 5.47. The van der Waals surface area contributed by atoms with Crippen LogP contribution in [0, 0.1) is 5.82 Å². The van der Waals surface area contributed by atoms with E-state index in [4.69, 9.17) is 4.74 Å². The molecule has 0 unspecified atom stereocenters. The molecule has 0 saturated carbocycles. The minimum Gasteiger partial charge on any atom is -0.376 e. The summed E-state index contributed by atoms with van der Waals surface area (Å²) >= 11 is 0. The molecule has 0 aliphatic carbocycles. The molecule has 0 spiro atoms. The SMILES string of the molecule is CN(C)c1ccc(CNC(=O)NC[C@@H]2CCCO2)cc1F. The van der Waals surface area contributed by atoms with Gasteiger partial charge < -0.3 is 20.3 Å². The molecule has 1 aromatic carbocycles. The number of hydrogen-bond donors (Lipinski definition) is 2. The number of anilines is 1. The molecule has 1 fully saturated rings. The molecule has 2 amide bonds. The van der Waals surface area contributed by atoms with Gasteiger partial charge in [0.15, 0.2) is 0 Å². The van der Waals surface area contributed by atoms with Crippen molar-refractivity contribution in [1.29, 1.82) is 0 Å². The summed E-state index contributed by atoms with van der Waals surface area (Å²) in [5.74, 6) is -0.293. The van der Waals surface area contributed by atoms with Crippen LogP contribution in [0.15, 0.2) is 18.2 Å². The Morgan fingerprint density at radius 3 is 2.86 bits per heavy atom. The Morgan fingerprint density at radius 1 is 1.43 bits per heavy atom. The number of rotatable bonds is 5. The van der Waals surface area contributed by atoms with Crippen LogP contribution < -0.4 is 15.5 Å². The molecule has 1 saturated heterocycles. The van der Waals surface area contributed by atoms with Crippen molar-refractivity contribution < 1.29 is 13.9 Å². The lowest BCUT2D eigenvalue weighted by Crippen LogP contribution is -2.39. The Kier molecular flexibility index (Phi) is 5.38. The Morgan fingerprint density at radius 2 is 2.24 bits per heavy atom. The van der Waals surface area contributed by atoms with Crippen molar-refractivity contribution in [3.8, 4) is 0 Å². The molecule has 1 atom stereocenters. The average molecular weight is 295 g/mol. The number of urea groups is 1. The maximum Gasteiger partial charge on any atom is 0.315 e. The standard InChI is InChI=1S/C15H22FN3O2/c1-19(2)14-6-5-11(8-13(14)16)9-17-15(20)18-10-12-4-3-7-21-12/h5-6,8,12H,3-4,7,9-10H2,1-2H3,(H2,17,18,20)/t12-/m0/s1. The zero-order valence-corrected chi connectivity index (χ0v) is 12.5. The van der Waals surface area contributed by atoms with Crippen molar-refractivity contribution in [2.24, 2.45) is 0 Å². The van der Waals surface area contributed by atoms with Gasteiger partial charge in [0.2, 0.25) is 0 Å². The fourth-order valence-electron chi connectivity index (χ4n) is 2.28. The van der Waals surface area contributed by atoms with Crippen molar-refractivity contribution in [3.05, 3.63) is 29.6 Å². The molecule has 0 aromatic heterocycles. The first-order valence-corrected chi connectivity index (χ1v) is 7.15. The highest BCUT2D eigenvalue weighted by Gasteiger charge is 2.16. The fraction of sp³-hybridized carbons (Fsp3) is 0.533. The van der Waals surface area contributed by atoms with Gasteiger partial charge >= 0.3 is 6.03 Å². The number of hydrogen-bond acceptors (Lipinski definition) is 3. The van der Waals surface area contributed by atoms with Gasteiger partial charge in [-0.2, -0.15) is 0 Å². The van der Waals surface area contributed by atoms with Gasteiger partial charge in [0.25, 0.3) is 0 Å². The first-order chi connectivity index (χ1) is 10.1. The van der Waals surface area contributed by atoms with Gasteiger partial charge in [-0.3, -0.25) is 0 Å². The van der Waals surface area contributed by atoms with Crippen molar-refractivity contribution in [2.75, 3.05) is 32.1 Å². The molecule has 2 N–H and O–H groups in total. The molecule has 5 nitrogen and oxygen atoms in total. The van der Waals surface area contributed by atoms with Crippen LogP contribution in [-0.4, -0.2) is 39.4 Å². The summed E-state index contributed by atoms with van der Waals surface area (Å²) in [5.41, 5.74) is 1.26. The van der Waals surface area contributed by atoms with Gasteiger partial charge in [0.1, 0.15) is 5.82 Å². The third kappa shape index (κ3) is 4.60. The van der Waals surface area contributed by atoms with Crippen LogP contribution >= 0.6 is 0 Å². The monoisotopic (exact) mass is 295 g/mol. The second-order valence-electron chi connectivity index (χ2n) is 5.38. The predicted molar refractivity (Wildman–Crippen MR) is 79.9 cm³/mol. The minimum atomic E-state index is -0.293. The highest BCUT2D eigenvalue weighted by molar-refractivity contribution is 5.73. The number of nitrogens with zero attached hydrogens (tertiary/aromatic N) is 1. The third-order valence-electron chi connectivity index (χ3n) is 3.46. The van der Waals surface area contributed by atoms with E-state index in [1.807, 2.05) is 0 Å². The minimum absolute atomic E-state index is 0.118. The summed E-state index contributed by atoms with van der Waals surface area (Å²) in [4.78, 5) is 13.4. The first-order valence-electron chi connectivity index (χ1n) is 7.15. The second kappa shape index (κ2) is 7.26. The van der Waals surface area contributed by atoms with Gasteiger partial charge in [0.05, 0.1) is 11.8 Å². The van der Waals surface area contributed by atoms with Gasteiger partial charge in [-0.15, -0.1) is 0 Å². The Bertz CT molecular complexity index is 488. The van der Waals surface area contributed by atoms with Crippen molar-refractivity contribution in [1.82, 2.24) is 10.6 Å². The fourth-order valence-corrected chi connectivity index (χ4v) is 2.28. The van der Waals surface area contributed by atoms with Crippen LogP contribution in [0.3, 0.4) is 0 Å². The van der Waals surface area contributed by atoms with E-state index in [1.54, 1.807) is 31.1 Å². The summed E-state index contributed by atoms with van der Waals surface area (Å²) in [7, 11) is 3.57. The molecule has 2 rings (SSSR count). The van der Waals surface area contributed by atoms with Crippen LogP contribution in [-0.2, 0) is 11.3 Å². The van der Waals surface area contributed by atoms with E-state index in [1.165, 1.54) is 6.07 Å². The van der Waals surface area contributed by atoms with Crippen molar-refractivity contribution in [3.63, 3.8) is 0 Å². The molecular formula is C15H22FN3O2. The molecule has 1 aliphatic rings. The smallest absolute Gasteiger partial charge is 0.315 e. The predicted octanol–water partition coefficient (Wildman–Crippen LogP) is 1.87. The van der Waals surface area contributed by atoms with Crippen LogP contribution in [0.25, 0.3) is 0 Å². The van der Waals surface area contributed by atoms with Gasteiger partial charge in [-0.1, -0.05) is 6.07 Å². The number of amides is 2. The van der Waals surface area contributed by atoms with Gasteiger partial charge in [-0.25, -0.2) is 9.18 Å². The quantitative estimate of drug-likeness (QED) is 0.872. The molecule has 116 valence electrons. The lowest BCUT2D eigenvalue weighted by molar-refractivity contribution is 0.111. The van der Waals surface area contributed by atoms with Crippen LogP contribution in [0.1, 0.15) is 18.4 Å². The maximum atomic E-state index is 13.8. The number of ether oxygens (including phenoxy) is 1. The van der Waals surface area contributed by atoms with E-state index in [9.17, 15) is 9.18 Å². The molecule has 21 heavy (non-hydrogen) atoms. The molecule has 1 aliphatic heterocycles. The largest absolute Gasteiger partial charge is 0.376 e. The normalized spacial score (nSPS) is 17.6. The summed E-state index contributed by atoms with van der Waals surface area (Å²) in [6, 6.07) is 4.69. The summed E-state index contributed by atoms with van der Waals surface area (Å²) < 4.78 is 19.2. The number of halogens is 1. The molecular weight excluding hydrogens is 273 g/mol. The Labute approximate surface area is 124 Å². The zero-order valence-electron chi connectivity index (χ0n) is 12.5. The molecule has 0 bridgehead atoms. The van der Waals surface area contributed by atoms with E-state index in [2.05, 4.69) is 10.6 Å². The van der Waals surface area contributed by atoms with Crippen LogP contribution in [0.4, 0.5) is 14.9 Å². The topological polar surface area (TPSA) is 53.6 Å². The average Bonchev–Trinajstić information content (AvgIpc) is 2.95. The van der Waals surface area contributed by atoms with E-state index in [0.29, 0.717) is 18.8 Å².